The fourth-order valence-electron chi connectivity index (χ4n) is 5.41. The molecule has 6 aromatic rings. The molecule has 2 amide bonds. The van der Waals surface area contributed by atoms with Crippen molar-refractivity contribution in [1.82, 2.24) is 24.5 Å². The van der Waals surface area contributed by atoms with Gasteiger partial charge in [-0.25, -0.2) is 14.1 Å². The standard InChI is InChI=1S/C31H23BrFN7O4/c32-18-7-10-20(11-8-18)39-13-3-5-25(30(39)42)40-15-24(36-37-40)22-14-19(9-12-23(22)33)35-27(41)16-38-17-34-28-21-4-1-2-6-26(21)44-29(28)31(38)43/h1-2,4,6-12,14-15,17,25H,3,5,13,16H2,(H,35,41). The molecule has 0 aliphatic carbocycles. The van der Waals surface area contributed by atoms with Gasteiger partial charge in [0.2, 0.25) is 11.5 Å². The maximum atomic E-state index is 14.9. The Morgan fingerprint density at radius 3 is 2.75 bits per heavy atom. The molecule has 13 heteroatoms. The lowest BCUT2D eigenvalue weighted by atomic mass is 10.0. The van der Waals surface area contributed by atoms with Crippen LogP contribution in [0, 0.1) is 5.82 Å². The molecule has 11 nitrogen and oxygen atoms in total. The summed E-state index contributed by atoms with van der Waals surface area (Å²) in [6.07, 6.45) is 4.16. The summed E-state index contributed by atoms with van der Waals surface area (Å²) >= 11 is 3.41. The molecule has 1 aliphatic rings. The number of fused-ring (bicyclic) bond motifs is 3. The van der Waals surface area contributed by atoms with Crippen molar-refractivity contribution in [3.63, 3.8) is 0 Å². The van der Waals surface area contributed by atoms with E-state index in [0.717, 1.165) is 21.1 Å². The van der Waals surface area contributed by atoms with Gasteiger partial charge in [-0.2, -0.15) is 0 Å². The predicted octanol–water partition coefficient (Wildman–Crippen LogP) is 5.31. The number of aromatic nitrogens is 5. The van der Waals surface area contributed by atoms with Crippen molar-refractivity contribution in [2.75, 3.05) is 16.8 Å². The number of hydrogen-bond donors (Lipinski definition) is 1. The van der Waals surface area contributed by atoms with Crippen molar-refractivity contribution in [2.24, 2.45) is 0 Å². The first kappa shape index (κ1) is 27.7. The maximum absolute atomic E-state index is 14.9. The molecule has 1 fully saturated rings. The topological polar surface area (TPSA) is 128 Å². The van der Waals surface area contributed by atoms with Crippen LogP contribution >= 0.6 is 15.9 Å². The first-order valence-corrected chi connectivity index (χ1v) is 14.6. The number of benzene rings is 3. The third-order valence-corrected chi connectivity index (χ3v) is 8.10. The SMILES string of the molecule is O=C(Cn1cnc2c(oc3ccccc32)c1=O)Nc1ccc(F)c(-c2cn(C3CCCN(c4ccc(Br)cc4)C3=O)nn2)c1. The number of rotatable bonds is 6. The molecule has 1 unspecified atom stereocenters. The van der Waals surface area contributed by atoms with E-state index in [9.17, 15) is 18.8 Å². The summed E-state index contributed by atoms with van der Waals surface area (Å²) in [7, 11) is 0. The molecule has 1 N–H and O–H groups in total. The van der Waals surface area contributed by atoms with Gasteiger partial charge in [0.15, 0.2) is 0 Å². The molecule has 3 aromatic carbocycles. The fourth-order valence-corrected chi connectivity index (χ4v) is 5.68. The second-order valence-corrected chi connectivity index (χ2v) is 11.3. The van der Waals surface area contributed by atoms with Crippen molar-refractivity contribution in [3.8, 4) is 11.3 Å². The summed E-state index contributed by atoms with van der Waals surface area (Å²) < 4.78 is 24.1. The van der Waals surface area contributed by atoms with E-state index in [1.54, 1.807) is 23.1 Å². The van der Waals surface area contributed by atoms with E-state index >= 15 is 0 Å². The molecule has 220 valence electrons. The summed E-state index contributed by atoms with van der Waals surface area (Å²) in [6.45, 7) is 0.254. The molecular weight excluding hydrogens is 633 g/mol. The third kappa shape index (κ3) is 5.04. The molecule has 3 aromatic heterocycles. The van der Waals surface area contributed by atoms with Crippen molar-refractivity contribution in [2.45, 2.75) is 25.4 Å². The summed E-state index contributed by atoms with van der Waals surface area (Å²) in [5.74, 6) is -1.22. The van der Waals surface area contributed by atoms with Crippen molar-refractivity contribution in [3.05, 3.63) is 99.9 Å². The van der Waals surface area contributed by atoms with E-state index in [2.05, 4.69) is 36.5 Å². The number of carbonyl (C=O) groups is 2. The molecular formula is C31H23BrFN7O4. The van der Waals surface area contributed by atoms with Gasteiger partial charge in [0.25, 0.3) is 11.5 Å². The minimum absolute atomic E-state index is 0.0602. The largest absolute Gasteiger partial charge is 0.448 e. The van der Waals surface area contributed by atoms with Crippen LogP contribution in [0.5, 0.6) is 0 Å². The Labute approximate surface area is 257 Å². The Morgan fingerprint density at radius 1 is 1.09 bits per heavy atom. The number of furan rings is 1. The summed E-state index contributed by atoms with van der Waals surface area (Å²) in [6, 6.07) is 18.1. The Bertz CT molecular complexity index is 2120. The fraction of sp³-hybridized carbons (Fsp3) is 0.161. The number of halogens is 2. The van der Waals surface area contributed by atoms with Crippen LogP contribution < -0.4 is 15.8 Å². The maximum Gasteiger partial charge on any atom is 0.297 e. The highest BCUT2D eigenvalue weighted by molar-refractivity contribution is 9.10. The van der Waals surface area contributed by atoms with E-state index in [1.165, 1.54) is 35.4 Å². The second-order valence-electron chi connectivity index (χ2n) is 10.4. The minimum atomic E-state index is -0.587. The lowest BCUT2D eigenvalue weighted by Crippen LogP contribution is -2.42. The van der Waals surface area contributed by atoms with E-state index in [0.29, 0.717) is 35.1 Å². The van der Waals surface area contributed by atoms with Gasteiger partial charge in [-0.05, 0) is 67.4 Å². The zero-order chi connectivity index (χ0) is 30.4. The van der Waals surface area contributed by atoms with Crippen molar-refractivity contribution in [1.29, 1.82) is 0 Å². The Morgan fingerprint density at radius 2 is 1.91 bits per heavy atom. The highest BCUT2D eigenvalue weighted by atomic mass is 79.9. The zero-order valence-electron chi connectivity index (χ0n) is 23.0. The predicted molar refractivity (Wildman–Crippen MR) is 165 cm³/mol. The van der Waals surface area contributed by atoms with Crippen molar-refractivity contribution >= 4 is 61.2 Å². The van der Waals surface area contributed by atoms with E-state index in [-0.39, 0.29) is 29.3 Å². The van der Waals surface area contributed by atoms with Gasteiger partial charge in [-0.3, -0.25) is 19.0 Å². The summed E-state index contributed by atoms with van der Waals surface area (Å²) in [5.41, 5.74) is 1.91. The summed E-state index contributed by atoms with van der Waals surface area (Å²) in [4.78, 5) is 45.3. The van der Waals surface area contributed by atoms with Crippen LogP contribution in [0.25, 0.3) is 33.3 Å². The van der Waals surface area contributed by atoms with Gasteiger partial charge in [-0.15, -0.1) is 5.10 Å². The monoisotopic (exact) mass is 655 g/mol. The molecule has 44 heavy (non-hydrogen) atoms. The Balaban J connectivity index is 1.08. The van der Waals surface area contributed by atoms with Gasteiger partial charge in [0.05, 0.1) is 12.5 Å². The normalized spacial score (nSPS) is 15.3. The smallest absolute Gasteiger partial charge is 0.297 e. The average Bonchev–Trinajstić information content (AvgIpc) is 3.66. The number of nitrogens with one attached hydrogen (secondary N) is 1. The molecule has 0 bridgehead atoms. The first-order valence-electron chi connectivity index (χ1n) is 13.8. The molecule has 0 radical (unpaired) electrons. The van der Waals surface area contributed by atoms with E-state index in [4.69, 9.17) is 4.42 Å². The van der Waals surface area contributed by atoms with E-state index in [1.807, 2.05) is 30.3 Å². The number of anilines is 2. The summed E-state index contributed by atoms with van der Waals surface area (Å²) in [5, 5.41) is 11.7. The zero-order valence-corrected chi connectivity index (χ0v) is 24.6. The van der Waals surface area contributed by atoms with Gasteiger partial charge in [-0.1, -0.05) is 33.3 Å². The number of para-hydroxylation sites is 1. The molecule has 1 atom stereocenters. The highest BCUT2D eigenvalue weighted by Crippen LogP contribution is 2.30. The van der Waals surface area contributed by atoms with E-state index < -0.39 is 23.3 Å². The molecule has 1 aliphatic heterocycles. The lowest BCUT2D eigenvalue weighted by molar-refractivity contribution is -0.123. The van der Waals surface area contributed by atoms with Gasteiger partial charge in [0.1, 0.15) is 35.2 Å². The number of carbonyl (C=O) groups excluding carboxylic acids is 2. The highest BCUT2D eigenvalue weighted by Gasteiger charge is 2.32. The van der Waals surface area contributed by atoms with Gasteiger partial charge in [0, 0.05) is 33.3 Å². The van der Waals surface area contributed by atoms with Crippen molar-refractivity contribution < 1.29 is 18.4 Å². The molecule has 0 spiro atoms. The van der Waals surface area contributed by atoms with Crippen LogP contribution in [0.1, 0.15) is 18.9 Å². The quantitative estimate of drug-likeness (QED) is 0.258. The average molecular weight is 656 g/mol. The number of hydrogen-bond acceptors (Lipinski definition) is 7. The van der Waals surface area contributed by atoms with Gasteiger partial charge >= 0.3 is 0 Å². The minimum Gasteiger partial charge on any atom is -0.448 e. The third-order valence-electron chi connectivity index (χ3n) is 7.57. The van der Waals surface area contributed by atoms with Crippen LogP contribution in [0.3, 0.4) is 0 Å². The lowest BCUT2D eigenvalue weighted by Gasteiger charge is -2.32. The first-order chi connectivity index (χ1) is 21.4. The molecule has 4 heterocycles. The van der Waals surface area contributed by atoms with Crippen LogP contribution in [-0.2, 0) is 16.1 Å². The van der Waals surface area contributed by atoms with Crippen LogP contribution in [0.2, 0.25) is 0 Å². The molecule has 7 rings (SSSR count). The van der Waals surface area contributed by atoms with Crippen LogP contribution in [0.15, 0.2) is 92.9 Å². The Kier molecular flexibility index (Phi) is 7.01. The number of amides is 2. The van der Waals surface area contributed by atoms with Crippen LogP contribution in [0.4, 0.5) is 15.8 Å². The second kappa shape index (κ2) is 11.2. The Hall–Kier alpha value is -5.17. The molecule has 0 saturated carbocycles. The van der Waals surface area contributed by atoms with Crippen LogP contribution in [-0.4, -0.2) is 42.9 Å². The van der Waals surface area contributed by atoms with Gasteiger partial charge < -0.3 is 14.6 Å². The number of piperidine rings is 1. The molecule has 1 saturated heterocycles. The number of nitrogens with zero attached hydrogens (tertiary/aromatic N) is 6.